The molecule has 1 N–H and O–H groups in total. The van der Waals surface area contributed by atoms with Crippen LogP contribution < -0.4 is 5.32 Å². The van der Waals surface area contributed by atoms with E-state index in [1.807, 2.05) is 6.92 Å². The fraction of sp³-hybridized carbons (Fsp3) is 0.571. The van der Waals surface area contributed by atoms with Crippen molar-refractivity contribution < 1.29 is 13.7 Å². The zero-order valence-corrected chi connectivity index (χ0v) is 11.4. The fourth-order valence-corrected chi connectivity index (χ4v) is 2.90. The third kappa shape index (κ3) is 2.89. The van der Waals surface area contributed by atoms with E-state index in [1.165, 1.54) is 0 Å². The Kier molecular flexibility index (Phi) is 4.52. The molecule has 2 unspecified atom stereocenters. The maximum atomic E-state index is 13.9. The van der Waals surface area contributed by atoms with E-state index in [-0.39, 0.29) is 11.7 Å². The molecule has 0 aliphatic heterocycles. The van der Waals surface area contributed by atoms with E-state index in [1.54, 1.807) is 0 Å². The Bertz CT molecular complexity index is 508. The van der Waals surface area contributed by atoms with Crippen molar-refractivity contribution in [3.8, 4) is 0 Å². The average Bonchev–Trinajstić information content (AvgIpc) is 2.44. The summed E-state index contributed by atoms with van der Waals surface area (Å²) < 4.78 is 27.2. The van der Waals surface area contributed by atoms with Crippen molar-refractivity contribution in [1.29, 1.82) is 0 Å². The highest BCUT2D eigenvalue weighted by molar-refractivity contribution is 5.63. The maximum absolute atomic E-state index is 13.9. The van der Waals surface area contributed by atoms with Gasteiger partial charge in [-0.15, -0.1) is 0 Å². The van der Waals surface area contributed by atoms with Crippen LogP contribution >= 0.6 is 0 Å². The highest BCUT2D eigenvalue weighted by Crippen LogP contribution is 2.34. The van der Waals surface area contributed by atoms with Gasteiger partial charge in [0.2, 0.25) is 0 Å². The third-order valence-electron chi connectivity index (χ3n) is 4.03. The van der Waals surface area contributed by atoms with Crippen molar-refractivity contribution in [3.05, 3.63) is 33.9 Å². The first-order chi connectivity index (χ1) is 9.54. The lowest BCUT2D eigenvalue weighted by Gasteiger charge is -2.32. The molecule has 1 aliphatic carbocycles. The largest absolute Gasteiger partial charge is 0.374 e. The Morgan fingerprint density at radius 3 is 2.70 bits per heavy atom. The lowest BCUT2D eigenvalue weighted by atomic mass is 9.82. The van der Waals surface area contributed by atoms with Crippen LogP contribution in [0.15, 0.2) is 12.1 Å². The molecule has 1 fully saturated rings. The highest BCUT2D eigenvalue weighted by atomic mass is 19.2. The van der Waals surface area contributed by atoms with Crippen molar-refractivity contribution in [1.82, 2.24) is 0 Å². The molecule has 4 nitrogen and oxygen atoms in total. The predicted octanol–water partition coefficient (Wildman–Crippen LogP) is 4.25. The molecule has 0 saturated heterocycles. The topological polar surface area (TPSA) is 55.2 Å². The van der Waals surface area contributed by atoms with Gasteiger partial charge in [0, 0.05) is 12.1 Å². The number of benzene rings is 1. The van der Waals surface area contributed by atoms with Gasteiger partial charge in [-0.2, -0.15) is 0 Å². The number of halogens is 2. The Labute approximate surface area is 116 Å². The summed E-state index contributed by atoms with van der Waals surface area (Å²) in [7, 11) is 0. The second kappa shape index (κ2) is 6.15. The molecule has 110 valence electrons. The Morgan fingerprint density at radius 1 is 1.35 bits per heavy atom. The van der Waals surface area contributed by atoms with E-state index in [4.69, 9.17) is 0 Å². The quantitative estimate of drug-likeness (QED) is 0.664. The van der Waals surface area contributed by atoms with Gasteiger partial charge >= 0.3 is 0 Å². The van der Waals surface area contributed by atoms with E-state index in [9.17, 15) is 18.9 Å². The fourth-order valence-electron chi connectivity index (χ4n) is 2.90. The van der Waals surface area contributed by atoms with Crippen molar-refractivity contribution in [2.75, 3.05) is 5.32 Å². The van der Waals surface area contributed by atoms with E-state index < -0.39 is 22.2 Å². The van der Waals surface area contributed by atoms with Crippen LogP contribution in [0.5, 0.6) is 0 Å². The van der Waals surface area contributed by atoms with Gasteiger partial charge in [0.15, 0.2) is 17.3 Å². The predicted molar refractivity (Wildman–Crippen MR) is 72.7 cm³/mol. The molecule has 0 bridgehead atoms. The van der Waals surface area contributed by atoms with Gasteiger partial charge in [-0.3, -0.25) is 10.1 Å². The summed E-state index contributed by atoms with van der Waals surface area (Å²) in [6.45, 7) is 2.04. The zero-order valence-electron chi connectivity index (χ0n) is 11.4. The van der Waals surface area contributed by atoms with Crippen LogP contribution in [0.2, 0.25) is 0 Å². The van der Waals surface area contributed by atoms with Crippen LogP contribution in [0, 0.1) is 27.7 Å². The molecule has 0 spiro atoms. The first-order valence-corrected chi connectivity index (χ1v) is 6.93. The summed E-state index contributed by atoms with van der Waals surface area (Å²) in [5.74, 6) is -1.90. The molecule has 0 radical (unpaired) electrons. The molecule has 0 amide bonds. The number of rotatable bonds is 4. The van der Waals surface area contributed by atoms with Gasteiger partial charge in [-0.25, -0.2) is 8.78 Å². The molecule has 20 heavy (non-hydrogen) atoms. The van der Waals surface area contributed by atoms with Gasteiger partial charge in [-0.05, 0) is 24.8 Å². The van der Waals surface area contributed by atoms with Crippen molar-refractivity contribution >= 4 is 11.4 Å². The molecule has 0 heterocycles. The SMILES string of the molecule is CCC1CCCCC1Nc1c([N+](=O)[O-])ccc(F)c1F. The molecule has 1 aromatic carbocycles. The van der Waals surface area contributed by atoms with Crippen LogP contribution in [0.3, 0.4) is 0 Å². The van der Waals surface area contributed by atoms with Crippen LogP contribution in [0.25, 0.3) is 0 Å². The van der Waals surface area contributed by atoms with Crippen LogP contribution in [0.4, 0.5) is 20.2 Å². The van der Waals surface area contributed by atoms with Crippen LogP contribution in [0.1, 0.15) is 39.0 Å². The number of nitro groups is 1. The smallest absolute Gasteiger partial charge is 0.295 e. The van der Waals surface area contributed by atoms with Gasteiger partial charge in [0.25, 0.3) is 5.69 Å². The Morgan fingerprint density at radius 2 is 2.05 bits per heavy atom. The van der Waals surface area contributed by atoms with Gasteiger partial charge in [0.1, 0.15) is 0 Å². The molecule has 0 aromatic heterocycles. The van der Waals surface area contributed by atoms with Gasteiger partial charge in [0.05, 0.1) is 4.92 Å². The lowest BCUT2D eigenvalue weighted by Crippen LogP contribution is -2.32. The molecule has 2 atom stereocenters. The number of anilines is 1. The summed E-state index contributed by atoms with van der Waals surface area (Å²) in [6, 6.07) is 1.75. The molecule has 1 aromatic rings. The number of hydrogen-bond donors (Lipinski definition) is 1. The summed E-state index contributed by atoms with van der Waals surface area (Å²) >= 11 is 0. The van der Waals surface area contributed by atoms with E-state index in [0.29, 0.717) is 5.92 Å². The minimum absolute atomic E-state index is 0.0382. The van der Waals surface area contributed by atoms with Crippen LogP contribution in [-0.2, 0) is 0 Å². The number of nitro benzene ring substituents is 1. The minimum atomic E-state index is -1.17. The van der Waals surface area contributed by atoms with Crippen LogP contribution in [-0.4, -0.2) is 11.0 Å². The minimum Gasteiger partial charge on any atom is -0.374 e. The van der Waals surface area contributed by atoms with Crippen molar-refractivity contribution in [2.45, 2.75) is 45.1 Å². The monoisotopic (exact) mass is 284 g/mol. The summed E-state index contributed by atoms with van der Waals surface area (Å²) in [6.07, 6.45) is 4.87. The van der Waals surface area contributed by atoms with E-state index in [0.717, 1.165) is 44.2 Å². The summed E-state index contributed by atoms with van der Waals surface area (Å²) in [4.78, 5) is 10.3. The first kappa shape index (κ1) is 14.7. The van der Waals surface area contributed by atoms with Gasteiger partial charge in [-0.1, -0.05) is 26.2 Å². The third-order valence-corrected chi connectivity index (χ3v) is 4.03. The molecule has 2 rings (SSSR count). The normalized spacial score (nSPS) is 22.6. The maximum Gasteiger partial charge on any atom is 0.295 e. The number of hydrogen-bond acceptors (Lipinski definition) is 3. The standard InChI is InChI=1S/C14H18F2N2O2/c1-2-9-5-3-4-6-11(9)17-14-12(18(19)20)8-7-10(15)13(14)16/h7-9,11,17H,2-6H2,1H3. The number of nitrogens with one attached hydrogen (secondary N) is 1. The second-order valence-corrected chi connectivity index (χ2v) is 5.22. The highest BCUT2D eigenvalue weighted by Gasteiger charge is 2.28. The first-order valence-electron chi connectivity index (χ1n) is 6.93. The van der Waals surface area contributed by atoms with E-state index >= 15 is 0 Å². The zero-order chi connectivity index (χ0) is 14.7. The van der Waals surface area contributed by atoms with Crippen molar-refractivity contribution in [3.63, 3.8) is 0 Å². The summed E-state index contributed by atoms with van der Waals surface area (Å²) in [5.41, 5.74) is -0.732. The molecular formula is C14H18F2N2O2. The molecule has 6 heteroatoms. The summed E-state index contributed by atoms with van der Waals surface area (Å²) in [5, 5.41) is 13.8. The van der Waals surface area contributed by atoms with Crippen molar-refractivity contribution in [2.24, 2.45) is 5.92 Å². The molecule has 1 saturated carbocycles. The Hall–Kier alpha value is -1.72. The number of nitrogens with zero attached hydrogens (tertiary/aromatic N) is 1. The Balaban J connectivity index is 2.31. The molecular weight excluding hydrogens is 266 g/mol. The van der Waals surface area contributed by atoms with Gasteiger partial charge < -0.3 is 5.32 Å². The molecule has 1 aliphatic rings. The second-order valence-electron chi connectivity index (χ2n) is 5.22. The lowest BCUT2D eigenvalue weighted by molar-refractivity contribution is -0.384. The van der Waals surface area contributed by atoms with E-state index in [2.05, 4.69) is 5.32 Å². The average molecular weight is 284 g/mol.